The van der Waals surface area contributed by atoms with Crippen LogP contribution in [0.4, 0.5) is 11.4 Å². The summed E-state index contributed by atoms with van der Waals surface area (Å²) in [5, 5.41) is 36.5. The Bertz CT molecular complexity index is 1570. The van der Waals surface area contributed by atoms with Crippen molar-refractivity contribution in [2.75, 3.05) is 10.6 Å². The lowest BCUT2D eigenvalue weighted by molar-refractivity contribution is -0.118. The summed E-state index contributed by atoms with van der Waals surface area (Å²) in [6.07, 6.45) is 1.16. The number of benzene rings is 2. The number of nitrogens with two attached hydrogens (primary N) is 8. The van der Waals surface area contributed by atoms with E-state index in [0.717, 1.165) is 0 Å². The van der Waals surface area contributed by atoms with Gasteiger partial charge in [-0.05, 0) is 76.9 Å². The first-order valence-corrected chi connectivity index (χ1v) is 15.0. The number of rotatable bonds is 15. The zero-order chi connectivity index (χ0) is 37.4. The van der Waals surface area contributed by atoms with E-state index in [-0.39, 0.29) is 48.5 Å². The fraction of sp³-hybridized carbons (Fsp3) is 0.267. The second-order valence-corrected chi connectivity index (χ2v) is 10.7. The molecule has 0 radical (unpaired) electrons. The monoisotopic (exact) mass is 688 g/mol. The van der Waals surface area contributed by atoms with Crippen molar-refractivity contribution in [1.82, 2.24) is 0 Å². The highest BCUT2D eigenvalue weighted by Crippen LogP contribution is 2.20. The Morgan fingerprint density at radius 1 is 0.440 bits per heavy atom. The van der Waals surface area contributed by atoms with Crippen LogP contribution in [-0.4, -0.2) is 58.5 Å². The van der Waals surface area contributed by atoms with Crippen LogP contribution < -0.4 is 56.5 Å². The van der Waals surface area contributed by atoms with Crippen molar-refractivity contribution in [3.05, 3.63) is 58.7 Å². The van der Waals surface area contributed by atoms with E-state index in [9.17, 15) is 9.59 Å². The van der Waals surface area contributed by atoms with Gasteiger partial charge in [-0.15, -0.1) is 20.4 Å². The van der Waals surface area contributed by atoms with Gasteiger partial charge >= 0.3 is 0 Å². The molecule has 20 nitrogen and oxygen atoms in total. The van der Waals surface area contributed by atoms with Crippen LogP contribution in [0.25, 0.3) is 0 Å². The molecule has 0 aromatic heterocycles. The van der Waals surface area contributed by atoms with Crippen LogP contribution in [0.15, 0.2) is 77.2 Å². The molecule has 20 heteroatoms. The SMILES string of the molecule is CC(=NN=C(N)N)c1cc(NC(=O)CCCCC(=O)Nc2cc(C(C)=NN=C(N)N)cc(C(C)=NN=C(N)N)c2)cc(C(C)=NN=C(N)N)c1. The van der Waals surface area contributed by atoms with Gasteiger partial charge < -0.3 is 56.5 Å². The number of nitrogens with zero attached hydrogens (tertiary/aromatic N) is 8. The summed E-state index contributed by atoms with van der Waals surface area (Å²) in [4.78, 5) is 25.8. The average Bonchev–Trinajstić information content (AvgIpc) is 3.05. The van der Waals surface area contributed by atoms with Gasteiger partial charge in [0.1, 0.15) is 0 Å². The van der Waals surface area contributed by atoms with Gasteiger partial charge in [0.15, 0.2) is 0 Å². The summed E-state index contributed by atoms with van der Waals surface area (Å²) in [5.41, 5.74) is 48.4. The van der Waals surface area contributed by atoms with Crippen molar-refractivity contribution in [2.24, 2.45) is 86.7 Å². The van der Waals surface area contributed by atoms with E-state index in [1.165, 1.54) is 0 Å². The molecule has 0 heterocycles. The third kappa shape index (κ3) is 14.3. The molecule has 0 atom stereocenters. The summed E-state index contributed by atoms with van der Waals surface area (Å²) >= 11 is 0. The smallest absolute Gasteiger partial charge is 0.224 e. The van der Waals surface area contributed by atoms with Crippen molar-refractivity contribution >= 4 is 69.9 Å². The van der Waals surface area contributed by atoms with Crippen molar-refractivity contribution in [1.29, 1.82) is 0 Å². The van der Waals surface area contributed by atoms with Crippen LogP contribution in [0.1, 0.15) is 75.6 Å². The lowest BCUT2D eigenvalue weighted by Crippen LogP contribution is -2.22. The molecule has 0 bridgehead atoms. The minimum Gasteiger partial charge on any atom is -0.369 e. The summed E-state index contributed by atoms with van der Waals surface area (Å²) in [6.45, 7) is 6.80. The maximum atomic E-state index is 12.9. The number of unbranched alkanes of at least 4 members (excludes halogenated alkanes) is 1. The molecule has 0 aliphatic rings. The number of carbonyl (C=O) groups excluding carboxylic acids is 2. The number of hydrogen-bond donors (Lipinski definition) is 10. The molecular weight excluding hydrogens is 644 g/mol. The van der Waals surface area contributed by atoms with E-state index in [0.29, 0.717) is 69.3 Å². The first kappa shape index (κ1) is 39.3. The lowest BCUT2D eigenvalue weighted by Gasteiger charge is -2.12. The van der Waals surface area contributed by atoms with Gasteiger partial charge in [0, 0.05) is 46.5 Å². The predicted molar refractivity (Wildman–Crippen MR) is 201 cm³/mol. The molecule has 0 saturated carbocycles. The van der Waals surface area contributed by atoms with Crippen LogP contribution in [0.2, 0.25) is 0 Å². The molecule has 0 aliphatic carbocycles. The fourth-order valence-electron chi connectivity index (χ4n) is 4.02. The van der Waals surface area contributed by atoms with Crippen molar-refractivity contribution < 1.29 is 9.59 Å². The molecule has 50 heavy (non-hydrogen) atoms. The van der Waals surface area contributed by atoms with Crippen LogP contribution >= 0.6 is 0 Å². The molecule has 2 rings (SSSR count). The molecule has 266 valence electrons. The molecule has 2 amide bonds. The van der Waals surface area contributed by atoms with Crippen LogP contribution in [0.3, 0.4) is 0 Å². The Hall–Kier alpha value is -6.86. The van der Waals surface area contributed by atoms with E-state index in [4.69, 9.17) is 45.9 Å². The Morgan fingerprint density at radius 2 is 0.680 bits per heavy atom. The number of carbonyl (C=O) groups is 2. The summed E-state index contributed by atoms with van der Waals surface area (Å²) in [6, 6.07) is 10.4. The van der Waals surface area contributed by atoms with E-state index in [1.54, 1.807) is 64.1 Å². The van der Waals surface area contributed by atoms with Gasteiger partial charge in [-0.25, -0.2) is 0 Å². The predicted octanol–water partition coefficient (Wildman–Crippen LogP) is -0.186. The molecule has 2 aromatic rings. The second-order valence-electron chi connectivity index (χ2n) is 10.7. The zero-order valence-corrected chi connectivity index (χ0v) is 28.3. The number of hydrogen-bond acceptors (Lipinski definition) is 10. The Balaban J connectivity index is 2.15. The number of nitrogens with one attached hydrogen (secondary N) is 2. The van der Waals surface area contributed by atoms with Gasteiger partial charge in [-0.1, -0.05) is 0 Å². The van der Waals surface area contributed by atoms with Gasteiger partial charge in [0.05, 0.1) is 22.8 Å². The summed E-state index contributed by atoms with van der Waals surface area (Å²) in [7, 11) is 0. The van der Waals surface area contributed by atoms with Crippen LogP contribution in [0, 0.1) is 0 Å². The van der Waals surface area contributed by atoms with Crippen LogP contribution in [-0.2, 0) is 9.59 Å². The number of guanidine groups is 4. The average molecular weight is 689 g/mol. The fourth-order valence-corrected chi connectivity index (χ4v) is 4.02. The normalized spacial score (nSPS) is 12.0. The van der Waals surface area contributed by atoms with E-state index < -0.39 is 0 Å². The Morgan fingerprint density at radius 3 is 0.900 bits per heavy atom. The molecule has 0 spiro atoms. The van der Waals surface area contributed by atoms with Crippen molar-refractivity contribution in [2.45, 2.75) is 53.4 Å². The second kappa shape index (κ2) is 19.1. The van der Waals surface area contributed by atoms with Crippen LogP contribution in [0.5, 0.6) is 0 Å². The minimum atomic E-state index is -0.269. The summed E-state index contributed by atoms with van der Waals surface area (Å²) < 4.78 is 0. The maximum absolute atomic E-state index is 12.9. The van der Waals surface area contributed by atoms with Gasteiger partial charge in [0.25, 0.3) is 0 Å². The summed E-state index contributed by atoms with van der Waals surface area (Å²) in [5.74, 6) is -1.37. The molecule has 0 unspecified atom stereocenters. The maximum Gasteiger partial charge on any atom is 0.224 e. The number of anilines is 2. The molecule has 18 N–H and O–H groups in total. The molecular formula is C30H44N18O2. The lowest BCUT2D eigenvalue weighted by atomic mass is 10.0. The third-order valence-corrected chi connectivity index (χ3v) is 6.42. The number of amides is 2. The van der Waals surface area contributed by atoms with Crippen molar-refractivity contribution in [3.63, 3.8) is 0 Å². The van der Waals surface area contributed by atoms with Crippen molar-refractivity contribution in [3.8, 4) is 0 Å². The zero-order valence-electron chi connectivity index (χ0n) is 28.3. The van der Waals surface area contributed by atoms with E-state index in [2.05, 4.69) is 51.4 Å². The molecule has 0 fully saturated rings. The highest BCUT2D eigenvalue weighted by molar-refractivity contribution is 6.07. The van der Waals surface area contributed by atoms with E-state index >= 15 is 0 Å². The minimum absolute atomic E-state index is 0.148. The highest BCUT2D eigenvalue weighted by Gasteiger charge is 2.12. The van der Waals surface area contributed by atoms with E-state index in [1.807, 2.05) is 0 Å². The molecule has 0 aliphatic heterocycles. The first-order valence-electron chi connectivity index (χ1n) is 15.0. The quantitative estimate of drug-likeness (QED) is 0.0509. The third-order valence-electron chi connectivity index (χ3n) is 6.42. The Labute approximate surface area is 288 Å². The molecule has 0 saturated heterocycles. The standard InChI is InChI=1S/C30H44N18O2/c1-15(41-45-27(31)32)19-9-20(16(2)42-46-28(33)34)12-23(11-19)39-25(49)7-5-6-8-26(50)40-24-13-21(17(3)43-47-29(35)36)10-22(14-24)18(4)44-48-30(37)38/h9-14H,5-8H2,1-4H3,(H,39,49)(H,40,50)(H4,31,32,45)(H4,33,34,46)(H4,35,36,47)(H4,37,38,48). The highest BCUT2D eigenvalue weighted by atomic mass is 16.2. The first-order chi connectivity index (χ1) is 23.5. The molecule has 2 aromatic carbocycles. The van der Waals surface area contributed by atoms with Gasteiger partial charge in [-0.2, -0.15) is 20.4 Å². The topological polar surface area (TPSA) is 365 Å². The largest absolute Gasteiger partial charge is 0.369 e. The van der Waals surface area contributed by atoms with Gasteiger partial charge in [0.2, 0.25) is 35.7 Å². The Kier molecular flexibility index (Phi) is 15.0. The van der Waals surface area contributed by atoms with Gasteiger partial charge in [-0.3, -0.25) is 9.59 Å².